The molecule has 0 radical (unpaired) electrons. The van der Waals surface area contributed by atoms with Crippen LogP contribution in [0, 0.1) is 6.92 Å². The predicted molar refractivity (Wildman–Crippen MR) is 108 cm³/mol. The second-order valence-electron chi connectivity index (χ2n) is 5.66. The van der Waals surface area contributed by atoms with Crippen molar-refractivity contribution in [3.8, 4) is 0 Å². The van der Waals surface area contributed by atoms with Gasteiger partial charge in [-0.15, -0.1) is 0 Å². The molecule has 0 aliphatic heterocycles. The van der Waals surface area contributed by atoms with Gasteiger partial charge in [0.05, 0.1) is 12.1 Å². The first-order chi connectivity index (χ1) is 12.9. The van der Waals surface area contributed by atoms with E-state index in [0.717, 1.165) is 10.0 Å². The molecule has 2 aromatic carbocycles. The molecule has 0 spiro atoms. The van der Waals surface area contributed by atoms with Crippen LogP contribution in [0.4, 0.5) is 11.4 Å². The van der Waals surface area contributed by atoms with Crippen molar-refractivity contribution in [3.63, 3.8) is 0 Å². The third-order valence-electron chi connectivity index (χ3n) is 3.47. The number of halogens is 1. The van der Waals surface area contributed by atoms with E-state index in [0.29, 0.717) is 11.4 Å². The summed E-state index contributed by atoms with van der Waals surface area (Å²) < 4.78 is 0.748. The quantitative estimate of drug-likeness (QED) is 0.418. The summed E-state index contributed by atoms with van der Waals surface area (Å²) >= 11 is 3.33. The molecule has 0 aromatic heterocycles. The fourth-order valence-electron chi connectivity index (χ4n) is 2.09. The average molecular weight is 431 g/mol. The van der Waals surface area contributed by atoms with E-state index >= 15 is 0 Å². The summed E-state index contributed by atoms with van der Waals surface area (Å²) in [5.41, 5.74) is 6.91. The van der Waals surface area contributed by atoms with Crippen LogP contribution in [0.25, 0.3) is 0 Å². The lowest BCUT2D eigenvalue weighted by molar-refractivity contribution is -0.136. The zero-order chi connectivity index (χ0) is 19.8. The first-order valence-corrected chi connectivity index (χ1v) is 8.81. The van der Waals surface area contributed by atoms with Crippen molar-refractivity contribution in [2.45, 2.75) is 13.3 Å². The van der Waals surface area contributed by atoms with Crippen LogP contribution in [0.2, 0.25) is 0 Å². The van der Waals surface area contributed by atoms with Gasteiger partial charge in [-0.2, -0.15) is 0 Å². The van der Waals surface area contributed by atoms with Crippen LogP contribution in [0.3, 0.4) is 0 Å². The Labute approximate surface area is 165 Å². The van der Waals surface area contributed by atoms with E-state index in [9.17, 15) is 14.4 Å². The number of hydrazine groups is 1. The molecule has 7 nitrogen and oxygen atoms in total. The summed E-state index contributed by atoms with van der Waals surface area (Å²) in [7, 11) is 0. The number of nitrogens with one attached hydrogen (secondary N) is 4. The van der Waals surface area contributed by atoms with Gasteiger partial charge in [0.2, 0.25) is 5.91 Å². The van der Waals surface area contributed by atoms with Gasteiger partial charge in [-0.3, -0.25) is 19.8 Å². The molecule has 8 heteroatoms. The number of aryl methyl sites for hydroxylation is 1. The molecule has 0 unspecified atom stereocenters. The van der Waals surface area contributed by atoms with Crippen LogP contribution in [0.1, 0.15) is 12.0 Å². The molecule has 0 heterocycles. The average Bonchev–Trinajstić information content (AvgIpc) is 2.63. The largest absolute Gasteiger partial charge is 0.327 e. The maximum absolute atomic E-state index is 12.0. The van der Waals surface area contributed by atoms with E-state index in [-0.39, 0.29) is 18.0 Å². The molecule has 0 aliphatic carbocycles. The van der Waals surface area contributed by atoms with Crippen LogP contribution < -0.4 is 21.5 Å². The second kappa shape index (κ2) is 9.54. The van der Waals surface area contributed by atoms with E-state index in [4.69, 9.17) is 0 Å². The smallest absolute Gasteiger partial charge is 0.325 e. The Morgan fingerprint density at radius 1 is 0.889 bits per heavy atom. The molecule has 0 bridgehead atoms. The SMILES string of the molecule is C=C(CC(=O)Nc1ccccc1Br)NNC(=O)C(=O)Nc1ccccc1C. The van der Waals surface area contributed by atoms with Gasteiger partial charge < -0.3 is 16.1 Å². The summed E-state index contributed by atoms with van der Waals surface area (Å²) in [4.78, 5) is 35.8. The molecular formula is C19H19BrN4O3. The van der Waals surface area contributed by atoms with Gasteiger partial charge in [0.25, 0.3) is 0 Å². The van der Waals surface area contributed by atoms with Gasteiger partial charge >= 0.3 is 11.8 Å². The van der Waals surface area contributed by atoms with Crippen molar-refractivity contribution in [1.82, 2.24) is 10.9 Å². The number of carbonyl (C=O) groups is 3. The molecule has 0 aliphatic rings. The number of hydrogen-bond donors (Lipinski definition) is 4. The minimum atomic E-state index is -0.898. The van der Waals surface area contributed by atoms with Gasteiger partial charge in [-0.05, 0) is 46.6 Å². The lowest BCUT2D eigenvalue weighted by atomic mass is 10.2. The van der Waals surface area contributed by atoms with E-state index in [2.05, 4.69) is 44.0 Å². The van der Waals surface area contributed by atoms with E-state index in [1.165, 1.54) is 0 Å². The van der Waals surface area contributed by atoms with Crippen molar-refractivity contribution in [1.29, 1.82) is 0 Å². The molecule has 0 saturated heterocycles. The first-order valence-electron chi connectivity index (χ1n) is 8.02. The molecule has 0 saturated carbocycles. The van der Waals surface area contributed by atoms with Crippen LogP contribution in [-0.2, 0) is 14.4 Å². The maximum Gasteiger partial charge on any atom is 0.327 e. The highest BCUT2D eigenvalue weighted by molar-refractivity contribution is 9.10. The number of anilines is 2. The topological polar surface area (TPSA) is 99.3 Å². The molecule has 2 rings (SSSR count). The number of benzene rings is 2. The third kappa shape index (κ3) is 6.27. The molecule has 140 valence electrons. The molecule has 0 fully saturated rings. The minimum Gasteiger partial charge on any atom is -0.325 e. The predicted octanol–water partition coefficient (Wildman–Crippen LogP) is 2.86. The van der Waals surface area contributed by atoms with Crippen LogP contribution in [0.15, 0.2) is 65.3 Å². The lowest BCUT2D eigenvalue weighted by Gasteiger charge is -2.12. The monoisotopic (exact) mass is 430 g/mol. The number of rotatable bonds is 6. The van der Waals surface area contributed by atoms with Crippen LogP contribution in [-0.4, -0.2) is 17.7 Å². The fourth-order valence-corrected chi connectivity index (χ4v) is 2.47. The zero-order valence-corrected chi connectivity index (χ0v) is 16.2. The summed E-state index contributed by atoms with van der Waals surface area (Å²) in [6.07, 6.45) is -0.0823. The summed E-state index contributed by atoms with van der Waals surface area (Å²) in [5, 5.41) is 5.22. The number of para-hydroxylation sites is 2. The Kier molecular flexibility index (Phi) is 7.13. The van der Waals surface area contributed by atoms with Gasteiger partial charge in [0.1, 0.15) is 0 Å². The van der Waals surface area contributed by atoms with E-state index in [1.807, 2.05) is 25.1 Å². The van der Waals surface area contributed by atoms with Crippen molar-refractivity contribution >= 4 is 45.0 Å². The van der Waals surface area contributed by atoms with Gasteiger partial charge in [0, 0.05) is 15.9 Å². The van der Waals surface area contributed by atoms with Crippen molar-refractivity contribution in [3.05, 3.63) is 70.8 Å². The third-order valence-corrected chi connectivity index (χ3v) is 4.17. The Hall–Kier alpha value is -3.13. The van der Waals surface area contributed by atoms with Gasteiger partial charge in [-0.25, -0.2) is 0 Å². The zero-order valence-electron chi connectivity index (χ0n) is 14.6. The summed E-state index contributed by atoms with van der Waals surface area (Å²) in [5.74, 6) is -2.05. The molecule has 0 atom stereocenters. The normalized spacial score (nSPS) is 9.85. The maximum atomic E-state index is 12.0. The Morgan fingerprint density at radius 2 is 1.52 bits per heavy atom. The highest BCUT2D eigenvalue weighted by Gasteiger charge is 2.15. The Morgan fingerprint density at radius 3 is 2.19 bits per heavy atom. The second-order valence-corrected chi connectivity index (χ2v) is 6.51. The molecule has 4 N–H and O–H groups in total. The highest BCUT2D eigenvalue weighted by atomic mass is 79.9. The minimum absolute atomic E-state index is 0.0823. The lowest BCUT2D eigenvalue weighted by Crippen LogP contribution is -2.43. The van der Waals surface area contributed by atoms with Crippen LogP contribution >= 0.6 is 15.9 Å². The standard InChI is InChI=1S/C19H19BrN4O3/c1-12-7-3-5-9-15(12)22-18(26)19(27)24-23-13(2)11-17(25)21-16-10-6-4-8-14(16)20/h3-10,23H,2,11H2,1H3,(H,21,25)(H,22,26)(H,24,27). The Bertz CT molecular complexity index is 883. The molecule has 3 amide bonds. The molecule has 2 aromatic rings. The van der Waals surface area contributed by atoms with Gasteiger partial charge in [-0.1, -0.05) is 36.9 Å². The summed E-state index contributed by atoms with van der Waals surface area (Å²) in [6, 6.07) is 14.3. The van der Waals surface area contributed by atoms with Crippen LogP contribution in [0.5, 0.6) is 0 Å². The van der Waals surface area contributed by atoms with Crippen molar-refractivity contribution in [2.24, 2.45) is 0 Å². The number of carbonyl (C=O) groups excluding carboxylic acids is 3. The van der Waals surface area contributed by atoms with Crippen molar-refractivity contribution < 1.29 is 14.4 Å². The Balaban J connectivity index is 1.78. The summed E-state index contributed by atoms with van der Waals surface area (Å²) in [6.45, 7) is 5.47. The number of hydrogen-bond acceptors (Lipinski definition) is 4. The number of amides is 3. The molecule has 27 heavy (non-hydrogen) atoms. The van der Waals surface area contributed by atoms with Gasteiger partial charge in [0.15, 0.2) is 0 Å². The fraction of sp³-hybridized carbons (Fsp3) is 0.105. The highest BCUT2D eigenvalue weighted by Crippen LogP contribution is 2.21. The molecular weight excluding hydrogens is 412 g/mol. The first kappa shape index (κ1) is 20.2. The van der Waals surface area contributed by atoms with Crippen molar-refractivity contribution in [2.75, 3.05) is 10.6 Å². The van der Waals surface area contributed by atoms with E-state index in [1.54, 1.807) is 30.3 Å². The van der Waals surface area contributed by atoms with E-state index < -0.39 is 11.8 Å².